The van der Waals surface area contributed by atoms with E-state index in [1.54, 1.807) is 0 Å². The van der Waals surface area contributed by atoms with Gasteiger partial charge in [0.15, 0.2) is 0 Å². The van der Waals surface area contributed by atoms with Crippen molar-refractivity contribution in [3.8, 4) is 0 Å². The van der Waals surface area contributed by atoms with Gasteiger partial charge in [-0.3, -0.25) is 0 Å². The second kappa shape index (κ2) is 3.67. The van der Waals surface area contributed by atoms with Gasteiger partial charge in [-0.25, -0.2) is 0 Å². The maximum absolute atomic E-state index is 4.19. The lowest BCUT2D eigenvalue weighted by atomic mass is 9.70. The Morgan fingerprint density at radius 1 is 1.43 bits per heavy atom. The molecule has 0 aromatic carbocycles. The predicted molar refractivity (Wildman–Crippen MR) is 60.4 cm³/mol. The summed E-state index contributed by atoms with van der Waals surface area (Å²) in [4.78, 5) is 2.44. The van der Waals surface area contributed by atoms with E-state index in [0.717, 1.165) is 0 Å². The van der Waals surface area contributed by atoms with Gasteiger partial charge in [-0.05, 0) is 51.7 Å². The zero-order valence-electron chi connectivity index (χ0n) is 9.47. The van der Waals surface area contributed by atoms with Crippen molar-refractivity contribution in [3.05, 3.63) is 12.2 Å². The molecule has 0 radical (unpaired) electrons. The smallest absolute Gasteiger partial charge is 0.0248 e. The van der Waals surface area contributed by atoms with Crippen LogP contribution in [-0.4, -0.2) is 37.6 Å². The maximum atomic E-state index is 4.19. The number of piperidine rings is 2. The van der Waals surface area contributed by atoms with Crippen LogP contribution in [0.15, 0.2) is 12.2 Å². The van der Waals surface area contributed by atoms with Crippen molar-refractivity contribution in [1.29, 1.82) is 0 Å². The molecule has 2 aliphatic heterocycles. The average Bonchev–Trinajstić information content (AvgIpc) is 2.18. The molecule has 2 aliphatic rings. The molecule has 0 amide bonds. The van der Waals surface area contributed by atoms with E-state index in [9.17, 15) is 0 Å². The van der Waals surface area contributed by atoms with Gasteiger partial charge in [0, 0.05) is 12.6 Å². The quantitative estimate of drug-likeness (QED) is 0.590. The first kappa shape index (κ1) is 10.2. The zero-order chi connectivity index (χ0) is 10.2. The van der Waals surface area contributed by atoms with Gasteiger partial charge < -0.3 is 10.2 Å². The molecule has 2 heteroatoms. The van der Waals surface area contributed by atoms with E-state index in [0.29, 0.717) is 11.5 Å². The Kier molecular flexibility index (Phi) is 2.67. The first-order valence-electron chi connectivity index (χ1n) is 5.71. The summed E-state index contributed by atoms with van der Waals surface area (Å²) in [5.74, 6) is 0. The highest BCUT2D eigenvalue weighted by atomic mass is 15.1. The fourth-order valence-electron chi connectivity index (χ4n) is 2.66. The highest BCUT2D eigenvalue weighted by Crippen LogP contribution is 2.39. The van der Waals surface area contributed by atoms with Crippen LogP contribution in [0.2, 0.25) is 0 Å². The summed E-state index contributed by atoms with van der Waals surface area (Å²) < 4.78 is 0. The summed E-state index contributed by atoms with van der Waals surface area (Å²) in [5, 5.41) is 3.59. The number of likely N-dealkylation sites (tertiary alicyclic amines) is 1. The van der Waals surface area contributed by atoms with Crippen molar-refractivity contribution in [3.63, 3.8) is 0 Å². The number of hydrogen-bond donors (Lipinski definition) is 1. The van der Waals surface area contributed by atoms with Gasteiger partial charge in [-0.15, -0.1) is 0 Å². The number of rotatable bonds is 0. The van der Waals surface area contributed by atoms with E-state index in [-0.39, 0.29) is 0 Å². The number of hydrogen-bond acceptors (Lipinski definition) is 2. The fourth-order valence-corrected chi connectivity index (χ4v) is 2.66. The summed E-state index contributed by atoms with van der Waals surface area (Å²) in [7, 11) is 2.22. The lowest BCUT2D eigenvalue weighted by molar-refractivity contribution is 0.103. The van der Waals surface area contributed by atoms with E-state index in [4.69, 9.17) is 0 Å². The Bertz CT molecular complexity index is 221. The van der Waals surface area contributed by atoms with Crippen LogP contribution in [0.3, 0.4) is 0 Å². The average molecular weight is 194 g/mol. The van der Waals surface area contributed by atoms with Gasteiger partial charge in [0.05, 0.1) is 0 Å². The highest BCUT2D eigenvalue weighted by Gasteiger charge is 2.37. The molecule has 1 atom stereocenters. The molecule has 14 heavy (non-hydrogen) atoms. The molecule has 1 spiro atoms. The van der Waals surface area contributed by atoms with Crippen LogP contribution in [0.25, 0.3) is 0 Å². The topological polar surface area (TPSA) is 15.3 Å². The monoisotopic (exact) mass is 194 g/mol. The molecule has 0 bridgehead atoms. The molecule has 2 fully saturated rings. The summed E-state index contributed by atoms with van der Waals surface area (Å²) in [5.41, 5.74) is 1.94. The van der Waals surface area contributed by atoms with Crippen LogP contribution in [0.5, 0.6) is 0 Å². The molecule has 1 unspecified atom stereocenters. The third-order valence-corrected chi connectivity index (χ3v) is 4.05. The maximum Gasteiger partial charge on any atom is 0.0248 e. The third-order valence-electron chi connectivity index (χ3n) is 4.05. The number of nitrogens with zero attached hydrogens (tertiary/aromatic N) is 1. The molecule has 80 valence electrons. The van der Waals surface area contributed by atoms with Gasteiger partial charge in [0.1, 0.15) is 0 Å². The molecule has 2 saturated heterocycles. The molecule has 2 rings (SSSR count). The Labute approximate surface area is 87.4 Å². The van der Waals surface area contributed by atoms with E-state index in [1.165, 1.54) is 44.5 Å². The summed E-state index contributed by atoms with van der Waals surface area (Å²) in [6.45, 7) is 10.1. The summed E-state index contributed by atoms with van der Waals surface area (Å²) >= 11 is 0. The standard InChI is InChI=1S/C12H22N2/c1-10-8-12(9-13-11(10)2)4-6-14(3)7-5-12/h11,13H,1,4-9H2,2-3H3. The van der Waals surface area contributed by atoms with Crippen molar-refractivity contribution < 1.29 is 0 Å². The van der Waals surface area contributed by atoms with E-state index in [2.05, 4.69) is 30.8 Å². The lowest BCUT2D eigenvalue weighted by Gasteiger charge is -2.46. The molecular formula is C12H22N2. The fraction of sp³-hybridized carbons (Fsp3) is 0.833. The van der Waals surface area contributed by atoms with E-state index >= 15 is 0 Å². The van der Waals surface area contributed by atoms with Crippen LogP contribution in [0.1, 0.15) is 26.2 Å². The molecule has 0 aromatic rings. The van der Waals surface area contributed by atoms with E-state index in [1.807, 2.05) is 0 Å². The Morgan fingerprint density at radius 3 is 2.64 bits per heavy atom. The van der Waals surface area contributed by atoms with E-state index < -0.39 is 0 Å². The summed E-state index contributed by atoms with van der Waals surface area (Å²) in [6, 6.07) is 0.528. The minimum atomic E-state index is 0.528. The SMILES string of the molecule is C=C1CC2(CCN(C)CC2)CNC1C. The summed E-state index contributed by atoms with van der Waals surface area (Å²) in [6.07, 6.45) is 3.92. The van der Waals surface area contributed by atoms with Crippen molar-refractivity contribution in [2.24, 2.45) is 5.41 Å². The van der Waals surface area contributed by atoms with Gasteiger partial charge >= 0.3 is 0 Å². The van der Waals surface area contributed by atoms with Crippen molar-refractivity contribution >= 4 is 0 Å². The molecule has 0 aromatic heterocycles. The molecule has 0 aliphatic carbocycles. The van der Waals surface area contributed by atoms with Crippen LogP contribution in [0, 0.1) is 5.41 Å². The second-order valence-corrected chi connectivity index (χ2v) is 5.24. The van der Waals surface area contributed by atoms with Crippen LogP contribution < -0.4 is 5.32 Å². The minimum Gasteiger partial charge on any atom is -0.310 e. The third kappa shape index (κ3) is 1.86. The van der Waals surface area contributed by atoms with Gasteiger partial charge in [0.2, 0.25) is 0 Å². The zero-order valence-corrected chi connectivity index (χ0v) is 9.47. The van der Waals surface area contributed by atoms with Crippen LogP contribution >= 0.6 is 0 Å². The van der Waals surface area contributed by atoms with Gasteiger partial charge in [-0.1, -0.05) is 12.2 Å². The van der Waals surface area contributed by atoms with Crippen LogP contribution in [0.4, 0.5) is 0 Å². The minimum absolute atomic E-state index is 0.528. The molecule has 2 nitrogen and oxygen atoms in total. The first-order valence-corrected chi connectivity index (χ1v) is 5.71. The molecule has 0 saturated carbocycles. The Balaban J connectivity index is 2.00. The Morgan fingerprint density at radius 2 is 2.07 bits per heavy atom. The van der Waals surface area contributed by atoms with Gasteiger partial charge in [-0.2, -0.15) is 0 Å². The molecule has 2 heterocycles. The highest BCUT2D eigenvalue weighted by molar-refractivity contribution is 5.13. The second-order valence-electron chi connectivity index (χ2n) is 5.24. The Hall–Kier alpha value is -0.340. The molecule has 1 N–H and O–H groups in total. The molecular weight excluding hydrogens is 172 g/mol. The van der Waals surface area contributed by atoms with Crippen LogP contribution in [-0.2, 0) is 0 Å². The predicted octanol–water partition coefficient (Wildman–Crippen LogP) is 1.64. The first-order chi connectivity index (χ1) is 6.61. The van der Waals surface area contributed by atoms with Crippen molar-refractivity contribution in [2.45, 2.75) is 32.2 Å². The normalized spacial score (nSPS) is 33.6. The largest absolute Gasteiger partial charge is 0.310 e. The lowest BCUT2D eigenvalue weighted by Crippen LogP contribution is -2.50. The van der Waals surface area contributed by atoms with Gasteiger partial charge in [0.25, 0.3) is 0 Å². The van der Waals surface area contributed by atoms with Crippen molar-refractivity contribution in [2.75, 3.05) is 26.7 Å². The number of nitrogens with one attached hydrogen (secondary N) is 1. The van der Waals surface area contributed by atoms with Crippen molar-refractivity contribution in [1.82, 2.24) is 10.2 Å².